The van der Waals surface area contributed by atoms with Crippen molar-refractivity contribution >= 4 is 48.9 Å². The highest BCUT2D eigenvalue weighted by Crippen LogP contribution is 2.33. The summed E-state index contributed by atoms with van der Waals surface area (Å²) in [6.45, 7) is 2.28. The van der Waals surface area contributed by atoms with Crippen molar-refractivity contribution in [1.29, 1.82) is 0 Å². The van der Waals surface area contributed by atoms with Gasteiger partial charge in [0.25, 0.3) is 15.9 Å². The molecule has 36 heavy (non-hydrogen) atoms. The minimum absolute atomic E-state index is 0.00128. The van der Waals surface area contributed by atoms with E-state index in [9.17, 15) is 23.3 Å². The van der Waals surface area contributed by atoms with Crippen LogP contribution in [0.2, 0.25) is 0 Å². The van der Waals surface area contributed by atoms with Gasteiger partial charge in [-0.15, -0.1) is 0 Å². The lowest BCUT2D eigenvalue weighted by molar-refractivity contribution is -0.385. The number of nitro groups is 1. The van der Waals surface area contributed by atoms with Gasteiger partial charge in [0.1, 0.15) is 16.4 Å². The molecule has 0 radical (unpaired) electrons. The molecule has 190 valence electrons. The van der Waals surface area contributed by atoms with Crippen LogP contribution in [0, 0.1) is 10.1 Å². The van der Waals surface area contributed by atoms with E-state index < -0.39 is 20.9 Å². The van der Waals surface area contributed by atoms with Gasteiger partial charge in [0, 0.05) is 17.3 Å². The summed E-state index contributed by atoms with van der Waals surface area (Å²) in [7, 11) is -1.55. The maximum Gasteiger partial charge on any atom is 0.311 e. The van der Waals surface area contributed by atoms with Crippen LogP contribution in [-0.2, 0) is 10.0 Å². The number of amides is 1. The molecule has 0 aliphatic carbocycles. The topological polar surface area (TPSA) is 146 Å². The maximum atomic E-state index is 13.2. The van der Waals surface area contributed by atoms with Gasteiger partial charge in [0.05, 0.1) is 35.9 Å². The van der Waals surface area contributed by atoms with E-state index in [0.29, 0.717) is 16.8 Å². The fourth-order valence-corrected chi connectivity index (χ4v) is 4.93. The molecule has 0 saturated heterocycles. The quantitative estimate of drug-likeness (QED) is 0.256. The van der Waals surface area contributed by atoms with Crippen LogP contribution in [0.1, 0.15) is 17.3 Å². The number of nitro benzene ring substituents is 1. The van der Waals surface area contributed by atoms with E-state index in [1.165, 1.54) is 44.6 Å². The van der Waals surface area contributed by atoms with E-state index in [4.69, 9.17) is 14.2 Å². The standard InChI is InChI=1S/C23H22BrN3O8S/c1-4-35-19-9-7-16(12-17(19)24)26-36(31,32)22-13-15(6-10-21(22)34-3)25-23(28)14-5-8-20(33-2)18(11-14)27(29)30/h5-13,26H,4H2,1-3H3,(H,25,28). The van der Waals surface area contributed by atoms with Crippen LogP contribution in [0.4, 0.5) is 17.1 Å². The lowest BCUT2D eigenvalue weighted by Crippen LogP contribution is -2.16. The summed E-state index contributed by atoms with van der Waals surface area (Å²) in [5.74, 6) is -0.0776. The summed E-state index contributed by atoms with van der Waals surface area (Å²) in [6.07, 6.45) is 0. The highest BCUT2D eigenvalue weighted by atomic mass is 79.9. The zero-order valence-electron chi connectivity index (χ0n) is 19.4. The number of nitrogens with zero attached hydrogens (tertiary/aromatic N) is 1. The van der Waals surface area contributed by atoms with Crippen LogP contribution in [0.15, 0.2) is 64.0 Å². The fraction of sp³-hybridized carbons (Fsp3) is 0.174. The van der Waals surface area contributed by atoms with E-state index in [1.807, 2.05) is 6.92 Å². The van der Waals surface area contributed by atoms with Crippen LogP contribution in [-0.4, -0.2) is 40.1 Å². The number of anilines is 2. The molecule has 0 saturated carbocycles. The molecule has 3 aromatic carbocycles. The molecule has 0 aliphatic heterocycles. The van der Waals surface area contributed by atoms with E-state index >= 15 is 0 Å². The molecule has 0 atom stereocenters. The fourth-order valence-electron chi connectivity index (χ4n) is 3.19. The number of benzene rings is 3. The second kappa shape index (κ2) is 11.3. The number of hydrogen-bond donors (Lipinski definition) is 2. The smallest absolute Gasteiger partial charge is 0.311 e. The Labute approximate surface area is 215 Å². The van der Waals surface area contributed by atoms with Gasteiger partial charge in [-0.2, -0.15) is 0 Å². The van der Waals surface area contributed by atoms with Crippen LogP contribution in [0.5, 0.6) is 17.2 Å². The number of methoxy groups -OCH3 is 2. The van der Waals surface area contributed by atoms with Crippen molar-refractivity contribution in [2.75, 3.05) is 30.9 Å². The predicted molar refractivity (Wildman–Crippen MR) is 137 cm³/mol. The van der Waals surface area contributed by atoms with Crippen LogP contribution >= 0.6 is 15.9 Å². The molecule has 3 aromatic rings. The Hall–Kier alpha value is -3.84. The van der Waals surface area contributed by atoms with Crippen LogP contribution in [0.3, 0.4) is 0 Å². The largest absolute Gasteiger partial charge is 0.495 e. The molecule has 0 bridgehead atoms. The lowest BCUT2D eigenvalue weighted by Gasteiger charge is -2.15. The lowest BCUT2D eigenvalue weighted by atomic mass is 10.1. The van der Waals surface area contributed by atoms with Gasteiger partial charge >= 0.3 is 5.69 Å². The number of rotatable bonds is 10. The first-order valence-electron chi connectivity index (χ1n) is 10.4. The first-order chi connectivity index (χ1) is 17.1. The van der Waals surface area contributed by atoms with Crippen molar-refractivity contribution in [3.63, 3.8) is 0 Å². The van der Waals surface area contributed by atoms with Crippen LogP contribution < -0.4 is 24.2 Å². The Morgan fingerprint density at radius 3 is 2.22 bits per heavy atom. The minimum Gasteiger partial charge on any atom is -0.495 e. The van der Waals surface area contributed by atoms with Crippen molar-refractivity contribution in [1.82, 2.24) is 0 Å². The van der Waals surface area contributed by atoms with E-state index in [-0.39, 0.29) is 39.0 Å². The Morgan fingerprint density at radius 1 is 0.972 bits per heavy atom. The zero-order chi connectivity index (χ0) is 26.5. The summed E-state index contributed by atoms with van der Waals surface area (Å²) in [4.78, 5) is 23.1. The molecule has 11 nitrogen and oxygen atoms in total. The number of nitrogens with one attached hydrogen (secondary N) is 2. The van der Waals surface area contributed by atoms with Crippen molar-refractivity contribution in [2.24, 2.45) is 0 Å². The van der Waals surface area contributed by atoms with Gasteiger partial charge in [0.2, 0.25) is 0 Å². The van der Waals surface area contributed by atoms with E-state index in [2.05, 4.69) is 26.0 Å². The van der Waals surface area contributed by atoms with Crippen molar-refractivity contribution < 1.29 is 32.3 Å². The molecule has 0 heterocycles. The molecule has 0 aromatic heterocycles. The number of carbonyl (C=O) groups excluding carboxylic acids is 1. The third-order valence-corrected chi connectivity index (χ3v) is 6.85. The van der Waals surface area contributed by atoms with Crippen molar-refractivity contribution in [3.8, 4) is 17.2 Å². The zero-order valence-corrected chi connectivity index (χ0v) is 21.8. The first-order valence-corrected chi connectivity index (χ1v) is 12.6. The second-order valence-corrected chi connectivity index (χ2v) is 9.65. The minimum atomic E-state index is -4.14. The maximum absolute atomic E-state index is 13.2. The van der Waals surface area contributed by atoms with Gasteiger partial charge in [-0.25, -0.2) is 8.42 Å². The molecular weight excluding hydrogens is 558 g/mol. The van der Waals surface area contributed by atoms with Crippen LogP contribution in [0.25, 0.3) is 0 Å². The molecule has 3 rings (SSSR count). The molecule has 0 aliphatic rings. The number of hydrogen-bond acceptors (Lipinski definition) is 8. The Morgan fingerprint density at radius 2 is 1.61 bits per heavy atom. The summed E-state index contributed by atoms with van der Waals surface area (Å²) in [5, 5.41) is 13.8. The number of sulfonamides is 1. The summed E-state index contributed by atoms with van der Waals surface area (Å²) in [6, 6.07) is 12.5. The predicted octanol–water partition coefficient (Wildman–Crippen LogP) is 4.83. The van der Waals surface area contributed by atoms with Gasteiger partial charge in [0.15, 0.2) is 5.75 Å². The second-order valence-electron chi connectivity index (χ2n) is 7.15. The van der Waals surface area contributed by atoms with Gasteiger partial charge in [-0.05, 0) is 71.4 Å². The Kier molecular flexibility index (Phi) is 8.37. The molecule has 0 unspecified atom stereocenters. The Bertz CT molecular complexity index is 1410. The molecule has 0 fully saturated rings. The first kappa shape index (κ1) is 26.8. The highest BCUT2D eigenvalue weighted by Gasteiger charge is 2.23. The van der Waals surface area contributed by atoms with Crippen molar-refractivity contribution in [2.45, 2.75) is 11.8 Å². The summed E-state index contributed by atoms with van der Waals surface area (Å²) in [5.41, 5.74) is 0.00818. The molecule has 13 heteroatoms. The van der Waals surface area contributed by atoms with E-state index in [0.717, 1.165) is 6.07 Å². The van der Waals surface area contributed by atoms with Gasteiger partial charge in [-0.1, -0.05) is 0 Å². The average Bonchev–Trinajstić information content (AvgIpc) is 2.85. The number of halogens is 1. The molecule has 0 spiro atoms. The molecular formula is C23H22BrN3O8S. The average molecular weight is 580 g/mol. The third kappa shape index (κ3) is 6.04. The normalized spacial score (nSPS) is 10.9. The number of ether oxygens (including phenoxy) is 3. The third-order valence-electron chi connectivity index (χ3n) is 4.83. The summed E-state index contributed by atoms with van der Waals surface area (Å²) >= 11 is 3.34. The van der Waals surface area contributed by atoms with Crippen molar-refractivity contribution in [3.05, 3.63) is 74.7 Å². The highest BCUT2D eigenvalue weighted by molar-refractivity contribution is 9.10. The number of carbonyl (C=O) groups is 1. The molecule has 2 N–H and O–H groups in total. The van der Waals surface area contributed by atoms with E-state index in [1.54, 1.807) is 18.2 Å². The Balaban J connectivity index is 1.89. The summed E-state index contributed by atoms with van der Waals surface area (Å²) < 4.78 is 44.9. The SMILES string of the molecule is CCOc1ccc(NS(=O)(=O)c2cc(NC(=O)c3ccc(OC)c([N+](=O)[O-])c3)ccc2OC)cc1Br. The molecule has 1 amide bonds. The monoisotopic (exact) mass is 579 g/mol. The van der Waals surface area contributed by atoms with Gasteiger partial charge < -0.3 is 19.5 Å². The van der Waals surface area contributed by atoms with Gasteiger partial charge in [-0.3, -0.25) is 19.6 Å².